The first-order chi connectivity index (χ1) is 17.3. The minimum Gasteiger partial charge on any atom is -0.355 e. The maximum Gasteiger partial charge on any atom is 0.417 e. The van der Waals surface area contributed by atoms with Crippen molar-refractivity contribution in [2.45, 2.75) is 51.2 Å². The van der Waals surface area contributed by atoms with E-state index in [9.17, 15) is 27.2 Å². The molecule has 2 aromatic carbocycles. The molecule has 1 saturated carbocycles. The normalized spacial score (nSPS) is 21.4. The number of nitrogens with zero attached hydrogens (tertiary/aromatic N) is 3. The van der Waals surface area contributed by atoms with E-state index < -0.39 is 40.5 Å². The average Bonchev–Trinajstić information content (AvgIpc) is 3.02. The average molecular weight is 533 g/mol. The monoisotopic (exact) mass is 532 g/mol. The molecule has 2 fully saturated rings. The van der Waals surface area contributed by atoms with E-state index in [0.717, 1.165) is 29.5 Å². The SMILES string of the molecule is CNC(=O)c1ccc(N2C(=S)N(c3ccc(C#N)c(C(F)(F)F)c3)C(=O)C23CCCC(C)(C)C3)cc1F. The van der Waals surface area contributed by atoms with E-state index in [2.05, 4.69) is 5.32 Å². The van der Waals surface area contributed by atoms with E-state index in [0.29, 0.717) is 19.3 Å². The topological polar surface area (TPSA) is 76.4 Å². The Morgan fingerprint density at radius 3 is 2.38 bits per heavy atom. The van der Waals surface area contributed by atoms with Crippen LogP contribution in [0.4, 0.5) is 28.9 Å². The summed E-state index contributed by atoms with van der Waals surface area (Å²) in [5.41, 5.74) is -3.43. The predicted molar refractivity (Wildman–Crippen MR) is 133 cm³/mol. The lowest BCUT2D eigenvalue weighted by Crippen LogP contribution is -2.54. The molecule has 2 aromatic rings. The molecule has 11 heteroatoms. The molecule has 1 aliphatic heterocycles. The summed E-state index contributed by atoms with van der Waals surface area (Å²) >= 11 is 5.66. The van der Waals surface area contributed by atoms with E-state index >= 15 is 0 Å². The molecular weight excluding hydrogens is 508 g/mol. The summed E-state index contributed by atoms with van der Waals surface area (Å²) in [5.74, 6) is -1.97. The van der Waals surface area contributed by atoms with Crippen molar-refractivity contribution in [3.8, 4) is 6.07 Å². The third-order valence-electron chi connectivity index (χ3n) is 7.00. The lowest BCUT2D eigenvalue weighted by Gasteiger charge is -2.45. The smallest absolute Gasteiger partial charge is 0.355 e. The zero-order valence-corrected chi connectivity index (χ0v) is 21.2. The molecule has 2 amide bonds. The lowest BCUT2D eigenvalue weighted by atomic mass is 9.67. The fourth-order valence-electron chi connectivity index (χ4n) is 5.43. The van der Waals surface area contributed by atoms with E-state index in [-0.39, 0.29) is 27.5 Å². The van der Waals surface area contributed by atoms with Gasteiger partial charge in [0.25, 0.3) is 11.8 Å². The number of halogens is 4. The summed E-state index contributed by atoms with van der Waals surface area (Å²) in [5, 5.41) is 11.4. The molecule has 6 nitrogen and oxygen atoms in total. The molecule has 1 saturated heterocycles. The Bertz CT molecular complexity index is 1350. The van der Waals surface area contributed by atoms with Crippen LogP contribution >= 0.6 is 12.2 Å². The van der Waals surface area contributed by atoms with E-state index in [4.69, 9.17) is 17.5 Å². The van der Waals surface area contributed by atoms with Gasteiger partial charge in [0.05, 0.1) is 28.4 Å². The number of nitriles is 1. The van der Waals surface area contributed by atoms with Gasteiger partial charge in [-0.25, -0.2) is 4.39 Å². The van der Waals surface area contributed by atoms with Crippen molar-refractivity contribution < 1.29 is 27.2 Å². The maximum atomic E-state index is 15.0. The number of carbonyl (C=O) groups is 2. The fraction of sp³-hybridized carbons (Fsp3) is 0.385. The van der Waals surface area contributed by atoms with Crippen LogP contribution in [-0.4, -0.2) is 29.5 Å². The quantitative estimate of drug-likeness (QED) is 0.414. The summed E-state index contributed by atoms with van der Waals surface area (Å²) in [6.07, 6.45) is -2.67. The number of nitrogens with one attached hydrogen (secondary N) is 1. The van der Waals surface area contributed by atoms with Crippen LogP contribution in [0.2, 0.25) is 0 Å². The van der Waals surface area contributed by atoms with Crippen molar-refractivity contribution in [2.24, 2.45) is 5.41 Å². The van der Waals surface area contributed by atoms with Crippen molar-refractivity contribution >= 4 is 40.5 Å². The molecule has 1 spiro atoms. The number of thiocarbonyl (C=S) groups is 1. The molecule has 37 heavy (non-hydrogen) atoms. The number of amides is 2. The number of hydrogen-bond donors (Lipinski definition) is 1. The highest BCUT2D eigenvalue weighted by atomic mass is 32.1. The summed E-state index contributed by atoms with van der Waals surface area (Å²) in [6.45, 7) is 3.98. The maximum absolute atomic E-state index is 15.0. The van der Waals surface area contributed by atoms with E-state index in [1.165, 1.54) is 36.2 Å². The van der Waals surface area contributed by atoms with Gasteiger partial charge in [0, 0.05) is 12.7 Å². The first kappa shape index (κ1) is 26.5. The molecule has 4 rings (SSSR count). The van der Waals surface area contributed by atoms with Gasteiger partial charge in [0.2, 0.25) is 0 Å². The first-order valence-corrected chi connectivity index (χ1v) is 12.0. The van der Waals surface area contributed by atoms with Gasteiger partial charge in [-0.2, -0.15) is 18.4 Å². The highest BCUT2D eigenvalue weighted by molar-refractivity contribution is 7.81. The summed E-state index contributed by atoms with van der Waals surface area (Å²) in [6, 6.07) is 8.39. The van der Waals surface area contributed by atoms with Crippen molar-refractivity contribution in [1.82, 2.24) is 5.32 Å². The molecule has 1 aliphatic carbocycles. The molecule has 2 aliphatic rings. The molecule has 0 radical (unpaired) electrons. The van der Waals surface area contributed by atoms with Crippen LogP contribution in [0.15, 0.2) is 36.4 Å². The predicted octanol–water partition coefficient (Wildman–Crippen LogP) is 5.55. The highest BCUT2D eigenvalue weighted by Crippen LogP contribution is 2.50. The summed E-state index contributed by atoms with van der Waals surface area (Å²) in [4.78, 5) is 28.6. The molecule has 0 bridgehead atoms. The summed E-state index contributed by atoms with van der Waals surface area (Å²) < 4.78 is 56.1. The first-order valence-electron chi connectivity index (χ1n) is 11.6. The number of rotatable bonds is 3. The number of alkyl halides is 3. The lowest BCUT2D eigenvalue weighted by molar-refractivity contribution is -0.137. The third kappa shape index (κ3) is 4.44. The van der Waals surface area contributed by atoms with Crippen LogP contribution in [-0.2, 0) is 11.0 Å². The van der Waals surface area contributed by atoms with Crippen LogP contribution in [0.1, 0.15) is 61.0 Å². The van der Waals surface area contributed by atoms with Gasteiger partial charge < -0.3 is 10.2 Å². The van der Waals surface area contributed by atoms with Crippen molar-refractivity contribution in [1.29, 1.82) is 5.26 Å². The Morgan fingerprint density at radius 1 is 1.14 bits per heavy atom. The standard InChI is InChI=1S/C26H24F4N4O2S/c1-24(2)9-4-10-25(14-24)22(36)33(16-6-5-15(13-31)19(11-16)26(28,29)30)23(37)34(25)17-7-8-18(20(27)12-17)21(35)32-3/h5-8,11-12H,4,9-10,14H2,1-3H3,(H,32,35). The Labute approximate surface area is 216 Å². The highest BCUT2D eigenvalue weighted by Gasteiger charge is 2.59. The third-order valence-corrected chi connectivity index (χ3v) is 7.36. The van der Waals surface area contributed by atoms with Gasteiger partial charge in [-0.3, -0.25) is 14.5 Å². The Balaban J connectivity index is 1.89. The second kappa shape index (κ2) is 9.10. The molecule has 194 valence electrons. The van der Waals surface area contributed by atoms with E-state index in [1.54, 1.807) is 0 Å². The molecule has 1 atom stereocenters. The molecule has 1 heterocycles. The van der Waals surface area contributed by atoms with Gasteiger partial charge in [-0.15, -0.1) is 0 Å². The second-order valence-electron chi connectivity index (χ2n) is 10.1. The zero-order valence-electron chi connectivity index (χ0n) is 20.4. The Kier molecular flexibility index (Phi) is 6.53. The van der Waals surface area contributed by atoms with Crippen molar-refractivity contribution in [2.75, 3.05) is 16.8 Å². The van der Waals surface area contributed by atoms with Crippen LogP contribution in [0.3, 0.4) is 0 Å². The largest absolute Gasteiger partial charge is 0.417 e. The van der Waals surface area contributed by atoms with Gasteiger partial charge in [0.15, 0.2) is 5.11 Å². The number of anilines is 2. The van der Waals surface area contributed by atoms with Gasteiger partial charge in [-0.05, 0) is 73.3 Å². The van der Waals surface area contributed by atoms with Gasteiger partial charge in [0.1, 0.15) is 11.4 Å². The van der Waals surface area contributed by atoms with Gasteiger partial charge in [-0.1, -0.05) is 20.3 Å². The second-order valence-corrected chi connectivity index (χ2v) is 10.4. The Hall–Kier alpha value is -3.52. The molecular formula is C26H24F4N4O2S. The molecule has 1 unspecified atom stereocenters. The van der Waals surface area contributed by atoms with Crippen LogP contribution in [0.5, 0.6) is 0 Å². The fourth-order valence-corrected chi connectivity index (χ4v) is 5.89. The van der Waals surface area contributed by atoms with Crippen LogP contribution in [0, 0.1) is 22.6 Å². The zero-order chi connectivity index (χ0) is 27.3. The minimum atomic E-state index is -4.82. The minimum absolute atomic E-state index is 0.104. The number of carbonyl (C=O) groups excluding carboxylic acids is 2. The Morgan fingerprint density at radius 2 is 1.81 bits per heavy atom. The van der Waals surface area contributed by atoms with Crippen molar-refractivity contribution in [3.05, 3.63) is 58.9 Å². The number of benzene rings is 2. The van der Waals surface area contributed by atoms with E-state index in [1.807, 2.05) is 13.8 Å². The molecule has 0 aromatic heterocycles. The van der Waals surface area contributed by atoms with Crippen molar-refractivity contribution in [3.63, 3.8) is 0 Å². The van der Waals surface area contributed by atoms with Crippen LogP contribution < -0.4 is 15.1 Å². The van der Waals surface area contributed by atoms with Gasteiger partial charge >= 0.3 is 6.18 Å². The van der Waals surface area contributed by atoms with Crippen LogP contribution in [0.25, 0.3) is 0 Å². The summed E-state index contributed by atoms with van der Waals surface area (Å²) in [7, 11) is 1.37. The molecule has 1 N–H and O–H groups in total. The number of hydrogen-bond acceptors (Lipinski definition) is 4.